The molecule has 2 fully saturated rings. The van der Waals surface area contributed by atoms with Crippen molar-refractivity contribution < 1.29 is 19.7 Å². The second kappa shape index (κ2) is 7.59. The second-order valence-corrected chi connectivity index (χ2v) is 8.43. The van der Waals surface area contributed by atoms with Crippen LogP contribution in [0.2, 0.25) is 0 Å². The Morgan fingerprint density at radius 3 is 2.72 bits per heavy atom. The molecule has 1 aromatic carbocycles. The number of anilines is 1. The van der Waals surface area contributed by atoms with E-state index >= 15 is 0 Å². The maximum absolute atomic E-state index is 11.7. The lowest BCUT2D eigenvalue weighted by Gasteiger charge is -2.53. The first kappa shape index (κ1) is 20.1. The third-order valence-electron chi connectivity index (χ3n) is 6.42. The predicted molar refractivity (Wildman–Crippen MR) is 110 cm³/mol. The summed E-state index contributed by atoms with van der Waals surface area (Å²) in [5.74, 6) is 0.698. The minimum absolute atomic E-state index is 0.0437. The molecule has 2 aliphatic rings. The molecule has 2 aliphatic heterocycles. The fourth-order valence-electron chi connectivity index (χ4n) is 4.92. The van der Waals surface area contributed by atoms with Crippen molar-refractivity contribution in [1.29, 1.82) is 0 Å². The zero-order valence-corrected chi connectivity index (χ0v) is 17.1. The van der Waals surface area contributed by atoms with E-state index in [-0.39, 0.29) is 12.5 Å². The molecule has 3 heterocycles. The number of amides is 1. The number of benzene rings is 1. The molecule has 0 bridgehead atoms. The van der Waals surface area contributed by atoms with Crippen molar-refractivity contribution in [2.45, 2.75) is 56.9 Å². The maximum Gasteiger partial charge on any atom is 0.217 e. The molecule has 8 heteroatoms. The SMILES string of the molecule is CC(=O)N[C@@]1(C)CCOC2(CCN(c3nc4ccccc4n3CCO)CC2)[C@@H]1O. The Morgan fingerprint density at radius 2 is 2.03 bits per heavy atom. The molecule has 0 saturated carbocycles. The largest absolute Gasteiger partial charge is 0.395 e. The van der Waals surface area contributed by atoms with Gasteiger partial charge in [-0.1, -0.05) is 12.1 Å². The van der Waals surface area contributed by atoms with E-state index in [1.807, 2.05) is 35.8 Å². The summed E-state index contributed by atoms with van der Waals surface area (Å²) < 4.78 is 8.17. The monoisotopic (exact) mass is 402 g/mol. The van der Waals surface area contributed by atoms with Crippen LogP contribution in [-0.4, -0.2) is 69.2 Å². The molecular weight excluding hydrogens is 372 g/mol. The van der Waals surface area contributed by atoms with Crippen LogP contribution in [0.15, 0.2) is 24.3 Å². The van der Waals surface area contributed by atoms with Gasteiger partial charge in [-0.15, -0.1) is 0 Å². The van der Waals surface area contributed by atoms with Gasteiger partial charge in [0.2, 0.25) is 11.9 Å². The van der Waals surface area contributed by atoms with Gasteiger partial charge < -0.3 is 29.7 Å². The standard InChI is InChI=1S/C21H30N4O4/c1-15(27)23-20(2)9-14-29-21(18(20)28)7-10-24(11-8-21)19-22-16-5-3-4-6-17(16)25(19)12-13-26/h3-6,18,26,28H,7-14H2,1-2H3,(H,23,27)/t18-,20+/m1/s1. The van der Waals surface area contributed by atoms with Gasteiger partial charge in [0, 0.05) is 33.2 Å². The number of hydrogen-bond acceptors (Lipinski definition) is 6. The van der Waals surface area contributed by atoms with Crippen LogP contribution >= 0.6 is 0 Å². The van der Waals surface area contributed by atoms with E-state index in [0.717, 1.165) is 17.0 Å². The Kier molecular flexibility index (Phi) is 5.27. The average Bonchev–Trinajstić information content (AvgIpc) is 3.05. The molecule has 0 aliphatic carbocycles. The first-order chi connectivity index (χ1) is 13.9. The first-order valence-electron chi connectivity index (χ1n) is 10.3. The molecule has 158 valence electrons. The van der Waals surface area contributed by atoms with E-state index < -0.39 is 17.2 Å². The lowest BCUT2D eigenvalue weighted by molar-refractivity contribution is -0.198. The number of ether oxygens (including phenoxy) is 1. The number of carbonyl (C=O) groups excluding carboxylic acids is 1. The normalized spacial score (nSPS) is 26.8. The molecule has 29 heavy (non-hydrogen) atoms. The summed E-state index contributed by atoms with van der Waals surface area (Å²) in [6.45, 7) is 5.78. The van der Waals surface area contributed by atoms with Gasteiger partial charge >= 0.3 is 0 Å². The molecule has 0 unspecified atom stereocenters. The van der Waals surface area contributed by atoms with E-state index in [2.05, 4.69) is 10.2 Å². The molecule has 4 rings (SSSR count). The van der Waals surface area contributed by atoms with Gasteiger partial charge in [0.1, 0.15) is 6.10 Å². The van der Waals surface area contributed by atoms with Crippen LogP contribution < -0.4 is 10.2 Å². The van der Waals surface area contributed by atoms with Gasteiger partial charge in [0.05, 0.1) is 28.8 Å². The summed E-state index contributed by atoms with van der Waals surface area (Å²) in [4.78, 5) is 18.6. The van der Waals surface area contributed by atoms with Gasteiger partial charge in [0.25, 0.3) is 0 Å². The van der Waals surface area contributed by atoms with E-state index in [9.17, 15) is 15.0 Å². The summed E-state index contributed by atoms with van der Waals surface area (Å²) in [5, 5.41) is 23.6. The molecular formula is C21H30N4O4. The number of hydrogen-bond donors (Lipinski definition) is 3. The van der Waals surface area contributed by atoms with Crippen molar-refractivity contribution in [1.82, 2.24) is 14.9 Å². The number of aromatic nitrogens is 2. The van der Waals surface area contributed by atoms with Crippen LogP contribution in [0.3, 0.4) is 0 Å². The second-order valence-electron chi connectivity index (χ2n) is 8.43. The van der Waals surface area contributed by atoms with Gasteiger partial charge in [-0.05, 0) is 38.3 Å². The number of fused-ring (bicyclic) bond motifs is 1. The summed E-state index contributed by atoms with van der Waals surface area (Å²) >= 11 is 0. The molecule has 2 atom stereocenters. The third-order valence-corrected chi connectivity index (χ3v) is 6.42. The van der Waals surface area contributed by atoms with Crippen molar-refractivity contribution in [2.75, 3.05) is 31.2 Å². The zero-order chi connectivity index (χ0) is 20.6. The predicted octanol–water partition coefficient (Wildman–Crippen LogP) is 1.04. The highest BCUT2D eigenvalue weighted by atomic mass is 16.5. The number of rotatable bonds is 4. The minimum atomic E-state index is -0.772. The number of para-hydroxylation sites is 2. The first-order valence-corrected chi connectivity index (χ1v) is 10.3. The fraction of sp³-hybridized carbons (Fsp3) is 0.619. The van der Waals surface area contributed by atoms with Gasteiger partial charge in [-0.2, -0.15) is 0 Å². The number of piperidine rings is 1. The van der Waals surface area contributed by atoms with Gasteiger partial charge in [-0.3, -0.25) is 4.79 Å². The molecule has 1 amide bonds. The Morgan fingerprint density at radius 1 is 1.31 bits per heavy atom. The number of nitrogens with zero attached hydrogens (tertiary/aromatic N) is 3. The van der Waals surface area contributed by atoms with Gasteiger partial charge in [-0.25, -0.2) is 4.98 Å². The van der Waals surface area contributed by atoms with E-state index in [1.165, 1.54) is 6.92 Å². The smallest absolute Gasteiger partial charge is 0.217 e. The Labute approximate surface area is 170 Å². The molecule has 0 radical (unpaired) electrons. The number of nitrogens with one attached hydrogen (secondary N) is 1. The molecule has 2 aromatic rings. The number of imidazole rings is 1. The molecule has 1 aromatic heterocycles. The minimum Gasteiger partial charge on any atom is -0.395 e. The van der Waals surface area contributed by atoms with Crippen LogP contribution in [0.4, 0.5) is 5.95 Å². The summed E-state index contributed by atoms with van der Waals surface area (Å²) in [7, 11) is 0. The molecule has 2 saturated heterocycles. The molecule has 3 N–H and O–H groups in total. The van der Waals surface area contributed by atoms with Crippen LogP contribution in [-0.2, 0) is 16.1 Å². The summed E-state index contributed by atoms with van der Waals surface area (Å²) in [6.07, 6.45) is 1.11. The fourth-order valence-corrected chi connectivity index (χ4v) is 4.92. The quantitative estimate of drug-likeness (QED) is 0.707. The van der Waals surface area contributed by atoms with Crippen molar-refractivity contribution in [2.24, 2.45) is 0 Å². The molecule has 1 spiro atoms. The van der Waals surface area contributed by atoms with Crippen molar-refractivity contribution in [3.63, 3.8) is 0 Å². The van der Waals surface area contributed by atoms with E-state index in [1.54, 1.807) is 0 Å². The highest BCUT2D eigenvalue weighted by molar-refractivity contribution is 5.79. The average molecular weight is 402 g/mol. The van der Waals surface area contributed by atoms with Gasteiger partial charge in [0.15, 0.2) is 0 Å². The third kappa shape index (κ3) is 3.49. The highest BCUT2D eigenvalue weighted by Crippen LogP contribution is 2.41. The van der Waals surface area contributed by atoms with Crippen LogP contribution in [0, 0.1) is 0 Å². The number of carbonyl (C=O) groups is 1. The van der Waals surface area contributed by atoms with Crippen molar-refractivity contribution >= 4 is 22.9 Å². The van der Waals surface area contributed by atoms with Crippen molar-refractivity contribution in [3.05, 3.63) is 24.3 Å². The molecule has 8 nitrogen and oxygen atoms in total. The van der Waals surface area contributed by atoms with Crippen LogP contribution in [0.5, 0.6) is 0 Å². The van der Waals surface area contributed by atoms with Crippen LogP contribution in [0.25, 0.3) is 11.0 Å². The lowest BCUT2D eigenvalue weighted by Crippen LogP contribution is -2.69. The Balaban J connectivity index is 1.56. The number of aliphatic hydroxyl groups is 2. The van der Waals surface area contributed by atoms with E-state index in [0.29, 0.717) is 45.5 Å². The summed E-state index contributed by atoms with van der Waals surface area (Å²) in [6, 6.07) is 7.93. The maximum atomic E-state index is 11.7. The summed E-state index contributed by atoms with van der Waals surface area (Å²) in [5.41, 5.74) is 0.559. The topological polar surface area (TPSA) is 99.9 Å². The highest BCUT2D eigenvalue weighted by Gasteiger charge is 2.53. The number of aliphatic hydroxyl groups excluding tert-OH is 2. The lowest BCUT2D eigenvalue weighted by atomic mass is 9.73. The van der Waals surface area contributed by atoms with Crippen molar-refractivity contribution in [3.8, 4) is 0 Å². The zero-order valence-electron chi connectivity index (χ0n) is 17.1. The van der Waals surface area contributed by atoms with Crippen LogP contribution in [0.1, 0.15) is 33.1 Å². The Hall–Kier alpha value is -2.16. The van der Waals surface area contributed by atoms with E-state index in [4.69, 9.17) is 9.72 Å². The Bertz CT molecular complexity index is 890.